The fourth-order valence-corrected chi connectivity index (χ4v) is 7.35. The number of benzene rings is 3. The molecule has 3 atom stereocenters. The van der Waals surface area contributed by atoms with Gasteiger partial charge in [0.25, 0.3) is 10.0 Å². The Bertz CT molecular complexity index is 1930. The first-order chi connectivity index (χ1) is 21.8. The normalized spacial score (nSPS) is 18.5. The third kappa shape index (κ3) is 7.00. The van der Waals surface area contributed by atoms with Crippen LogP contribution in [0.25, 0.3) is 10.9 Å². The van der Waals surface area contributed by atoms with E-state index in [-0.39, 0.29) is 29.3 Å². The highest BCUT2D eigenvalue weighted by Gasteiger charge is 2.33. The number of carbonyl (C=O) groups is 1. The summed E-state index contributed by atoms with van der Waals surface area (Å²) < 4.78 is 42.4. The second-order valence-corrected chi connectivity index (χ2v) is 13.0. The van der Waals surface area contributed by atoms with Crippen LogP contribution in [-0.4, -0.2) is 46.4 Å². The number of nitrogens with one attached hydrogen (secondary N) is 1. The fourth-order valence-electron chi connectivity index (χ4n) is 5.12. The van der Waals surface area contributed by atoms with Crippen molar-refractivity contribution in [2.24, 2.45) is 0 Å². The largest absolute Gasteiger partial charge is 0.478 e. The number of carboxylic acids is 1. The zero-order valence-corrected chi connectivity index (χ0v) is 25.4. The van der Waals surface area contributed by atoms with Crippen LogP contribution in [0, 0.1) is 0 Å². The van der Waals surface area contributed by atoms with Crippen LogP contribution in [0.3, 0.4) is 0 Å². The van der Waals surface area contributed by atoms with Crippen LogP contribution >= 0.6 is 11.8 Å². The van der Waals surface area contributed by atoms with E-state index in [2.05, 4.69) is 14.7 Å². The van der Waals surface area contributed by atoms with Gasteiger partial charge < -0.3 is 19.7 Å². The van der Waals surface area contributed by atoms with Crippen LogP contribution in [-0.2, 0) is 26.1 Å². The van der Waals surface area contributed by atoms with Crippen LogP contribution in [0.1, 0.15) is 45.9 Å². The quantitative estimate of drug-likeness (QED) is 0.156. The second kappa shape index (κ2) is 13.3. The SMILES string of the molecule is O=C(O)c1cccnc1SCC1CC(c2ccc(CO)cc2)OC(c2cccc(NS(=O)(=O)c3cccc4cccnc34)c2)O1. The molecule has 5 aromatic rings. The maximum Gasteiger partial charge on any atom is 0.338 e. The maximum atomic E-state index is 13.5. The van der Waals surface area contributed by atoms with Gasteiger partial charge in [-0.2, -0.15) is 0 Å². The molecule has 10 nitrogen and oxygen atoms in total. The first kappa shape index (κ1) is 30.7. The van der Waals surface area contributed by atoms with Crippen molar-refractivity contribution in [3.8, 4) is 0 Å². The van der Waals surface area contributed by atoms with Gasteiger partial charge in [-0.25, -0.2) is 18.2 Å². The van der Waals surface area contributed by atoms with Gasteiger partial charge in [-0.15, -0.1) is 11.8 Å². The Morgan fingerprint density at radius 3 is 2.47 bits per heavy atom. The number of rotatable bonds is 10. The monoisotopic (exact) mass is 643 g/mol. The van der Waals surface area contributed by atoms with Crippen molar-refractivity contribution in [2.45, 2.75) is 41.4 Å². The number of aliphatic hydroxyl groups is 1. The first-order valence-corrected chi connectivity index (χ1v) is 16.6. The highest BCUT2D eigenvalue weighted by Crippen LogP contribution is 2.40. The number of aliphatic hydroxyl groups excluding tert-OH is 1. The van der Waals surface area contributed by atoms with E-state index in [0.717, 1.165) is 11.1 Å². The van der Waals surface area contributed by atoms with Crippen LogP contribution in [0.4, 0.5) is 5.69 Å². The average Bonchev–Trinajstić information content (AvgIpc) is 3.07. The highest BCUT2D eigenvalue weighted by molar-refractivity contribution is 7.99. The summed E-state index contributed by atoms with van der Waals surface area (Å²) in [5.41, 5.74) is 3.07. The molecule has 0 bridgehead atoms. The minimum atomic E-state index is -3.98. The summed E-state index contributed by atoms with van der Waals surface area (Å²) in [6, 6.07) is 25.9. The lowest BCUT2D eigenvalue weighted by Crippen LogP contribution is -2.31. The maximum absolute atomic E-state index is 13.5. The van der Waals surface area contributed by atoms with E-state index >= 15 is 0 Å². The molecule has 0 amide bonds. The van der Waals surface area contributed by atoms with Crippen molar-refractivity contribution in [3.05, 3.63) is 126 Å². The van der Waals surface area contributed by atoms with Gasteiger partial charge in [0.15, 0.2) is 6.29 Å². The smallest absolute Gasteiger partial charge is 0.338 e. The molecular formula is C33H29N3O7S2. The number of hydrogen-bond acceptors (Lipinski definition) is 9. The van der Waals surface area contributed by atoms with Crippen LogP contribution in [0.5, 0.6) is 0 Å². The number of para-hydroxylation sites is 1. The molecule has 0 aliphatic carbocycles. The van der Waals surface area contributed by atoms with Crippen molar-refractivity contribution in [2.75, 3.05) is 10.5 Å². The number of sulfonamides is 1. The Labute approximate surface area is 264 Å². The zero-order chi connectivity index (χ0) is 31.4. The zero-order valence-electron chi connectivity index (χ0n) is 23.8. The van der Waals surface area contributed by atoms with E-state index in [9.17, 15) is 23.4 Å². The van der Waals surface area contributed by atoms with Gasteiger partial charge in [0.2, 0.25) is 0 Å². The fraction of sp³-hybridized carbons (Fsp3) is 0.182. The average molecular weight is 644 g/mol. The Balaban J connectivity index is 1.26. The summed E-state index contributed by atoms with van der Waals surface area (Å²) in [5, 5.41) is 20.2. The molecule has 6 rings (SSSR count). The van der Waals surface area contributed by atoms with Gasteiger partial charge in [0, 0.05) is 41.2 Å². The molecular weight excluding hydrogens is 615 g/mol. The number of carboxylic acid groups (broad SMARTS) is 1. The number of aromatic carboxylic acids is 1. The third-order valence-electron chi connectivity index (χ3n) is 7.32. The number of fused-ring (bicyclic) bond motifs is 1. The lowest BCUT2D eigenvalue weighted by atomic mass is 10.0. The lowest BCUT2D eigenvalue weighted by molar-refractivity contribution is -0.245. The predicted molar refractivity (Wildman–Crippen MR) is 169 cm³/mol. The topological polar surface area (TPSA) is 148 Å². The van der Waals surface area contributed by atoms with Gasteiger partial charge in [-0.1, -0.05) is 54.6 Å². The van der Waals surface area contributed by atoms with Crippen LogP contribution in [0.15, 0.2) is 113 Å². The first-order valence-electron chi connectivity index (χ1n) is 14.1. The number of aromatic nitrogens is 2. The minimum Gasteiger partial charge on any atom is -0.478 e. The molecule has 1 aliphatic rings. The number of nitrogens with zero attached hydrogens (tertiary/aromatic N) is 2. The summed E-state index contributed by atoms with van der Waals surface area (Å²) in [7, 11) is -3.98. The van der Waals surface area contributed by atoms with E-state index in [1.54, 1.807) is 67.0 Å². The van der Waals surface area contributed by atoms with E-state index in [0.29, 0.717) is 39.4 Å². The molecule has 1 saturated heterocycles. The number of pyridine rings is 2. The van der Waals surface area contributed by atoms with Crippen molar-refractivity contribution >= 4 is 44.3 Å². The van der Waals surface area contributed by atoms with Crippen LogP contribution in [0.2, 0.25) is 0 Å². The summed E-state index contributed by atoms with van der Waals surface area (Å²) >= 11 is 1.29. The second-order valence-electron chi connectivity index (χ2n) is 10.4. The van der Waals surface area contributed by atoms with E-state index in [4.69, 9.17) is 9.47 Å². The van der Waals surface area contributed by atoms with Gasteiger partial charge in [-0.3, -0.25) is 9.71 Å². The molecule has 3 aromatic carbocycles. The molecule has 45 heavy (non-hydrogen) atoms. The van der Waals surface area contributed by atoms with Crippen molar-refractivity contribution < 1.29 is 32.9 Å². The van der Waals surface area contributed by atoms with E-state index < -0.39 is 22.3 Å². The van der Waals surface area contributed by atoms with Gasteiger partial charge in [-0.05, 0) is 47.5 Å². The Morgan fingerprint density at radius 2 is 1.67 bits per heavy atom. The molecule has 3 unspecified atom stereocenters. The summed E-state index contributed by atoms with van der Waals surface area (Å²) in [4.78, 5) is 20.3. The van der Waals surface area contributed by atoms with Crippen molar-refractivity contribution in [3.63, 3.8) is 0 Å². The molecule has 0 saturated carbocycles. The summed E-state index contributed by atoms with van der Waals surface area (Å²) in [6.07, 6.45) is 2.00. The van der Waals surface area contributed by atoms with Crippen LogP contribution < -0.4 is 4.72 Å². The summed E-state index contributed by atoms with van der Waals surface area (Å²) in [6.45, 7) is -0.0790. The molecule has 3 heterocycles. The van der Waals surface area contributed by atoms with E-state index in [1.165, 1.54) is 23.9 Å². The number of thioether (sulfide) groups is 1. The van der Waals surface area contributed by atoms with E-state index in [1.807, 2.05) is 24.3 Å². The van der Waals surface area contributed by atoms with Gasteiger partial charge >= 0.3 is 5.97 Å². The molecule has 0 radical (unpaired) electrons. The lowest BCUT2D eigenvalue weighted by Gasteiger charge is -2.36. The highest BCUT2D eigenvalue weighted by atomic mass is 32.2. The number of ether oxygens (including phenoxy) is 2. The van der Waals surface area contributed by atoms with Crippen molar-refractivity contribution in [1.29, 1.82) is 0 Å². The van der Waals surface area contributed by atoms with Gasteiger partial charge in [0.1, 0.15) is 9.92 Å². The Morgan fingerprint density at radius 1 is 0.911 bits per heavy atom. The molecule has 1 fully saturated rings. The molecule has 1 aliphatic heterocycles. The number of anilines is 1. The van der Waals surface area contributed by atoms with Gasteiger partial charge in [0.05, 0.1) is 29.9 Å². The molecule has 0 spiro atoms. The Kier molecular flexibility index (Phi) is 9.10. The minimum absolute atomic E-state index is 0.0647. The van der Waals surface area contributed by atoms with Crippen molar-refractivity contribution in [1.82, 2.24) is 9.97 Å². The molecule has 12 heteroatoms. The molecule has 2 aromatic heterocycles. The third-order valence-corrected chi connectivity index (χ3v) is 9.87. The molecule has 230 valence electrons. The number of hydrogen-bond donors (Lipinski definition) is 3. The standard InChI is InChI=1S/C33H29N3O7S2/c37-19-21-11-13-22(14-12-21)28-18-26(20-44-31-27(32(38)39)9-4-16-35-31)42-33(43-28)24-6-1-8-25(17-24)36-45(40,41)29-10-2-5-23-7-3-15-34-30(23)29/h1-17,26,28,33,36-37H,18-20H2,(H,38,39). The summed E-state index contributed by atoms with van der Waals surface area (Å²) in [5.74, 6) is -0.653. The predicted octanol–water partition coefficient (Wildman–Crippen LogP) is 5.96. The molecule has 3 N–H and O–H groups in total. The Hall–Kier alpha value is -4.33.